The van der Waals surface area contributed by atoms with E-state index in [2.05, 4.69) is 20.3 Å². The summed E-state index contributed by atoms with van der Waals surface area (Å²) >= 11 is 0. The molecular weight excluding hydrogens is 242 g/mol. The number of amides is 1. The number of aryl methyl sites for hydroxylation is 1. The van der Waals surface area contributed by atoms with Crippen LogP contribution in [-0.4, -0.2) is 32.0 Å². The van der Waals surface area contributed by atoms with Gasteiger partial charge in [0.15, 0.2) is 5.82 Å². The molecule has 1 amide bonds. The van der Waals surface area contributed by atoms with Crippen molar-refractivity contribution in [2.45, 2.75) is 32.2 Å². The monoisotopic (exact) mass is 259 g/mol. The molecule has 0 radical (unpaired) electrons. The van der Waals surface area contributed by atoms with E-state index in [1.807, 2.05) is 17.7 Å². The first-order valence-electron chi connectivity index (χ1n) is 6.58. The highest BCUT2D eigenvalue weighted by molar-refractivity contribution is 5.81. The highest BCUT2D eigenvalue weighted by Gasteiger charge is 2.25. The van der Waals surface area contributed by atoms with Gasteiger partial charge < -0.3 is 14.9 Å². The Hall–Kier alpha value is -2.11. The van der Waals surface area contributed by atoms with Gasteiger partial charge in [-0.25, -0.2) is 9.97 Å². The third-order valence-electron chi connectivity index (χ3n) is 3.55. The second-order valence-corrected chi connectivity index (χ2v) is 4.84. The van der Waals surface area contributed by atoms with E-state index in [9.17, 15) is 4.79 Å². The first kappa shape index (κ1) is 12.0. The van der Waals surface area contributed by atoms with E-state index in [0.29, 0.717) is 0 Å². The number of aromatic nitrogens is 4. The maximum atomic E-state index is 12.1. The van der Waals surface area contributed by atoms with Crippen molar-refractivity contribution in [2.24, 2.45) is 0 Å². The standard InChI is InChI=1S/C13H17N5O/c1-9-11(17-8-16-9)12-14-6-7-18(12)10-4-2-3-5-15-13(10)19/h6-8,10H,2-5H2,1H3,(H,15,19)(H,16,17). The smallest absolute Gasteiger partial charge is 0.243 e. The highest BCUT2D eigenvalue weighted by atomic mass is 16.2. The Morgan fingerprint density at radius 2 is 2.26 bits per heavy atom. The number of hydrogen-bond acceptors (Lipinski definition) is 3. The summed E-state index contributed by atoms with van der Waals surface area (Å²) in [4.78, 5) is 23.8. The SMILES string of the molecule is Cc1[nH]cnc1-c1nccn1C1CCCCNC1=O. The normalized spacial score (nSPS) is 20.1. The summed E-state index contributed by atoms with van der Waals surface area (Å²) in [5.41, 5.74) is 1.77. The van der Waals surface area contributed by atoms with Crippen molar-refractivity contribution in [1.29, 1.82) is 0 Å². The molecule has 1 atom stereocenters. The predicted octanol–water partition coefficient (Wildman–Crippen LogP) is 1.42. The van der Waals surface area contributed by atoms with Crippen LogP contribution >= 0.6 is 0 Å². The van der Waals surface area contributed by atoms with Gasteiger partial charge in [-0.3, -0.25) is 4.79 Å². The molecule has 0 bridgehead atoms. The van der Waals surface area contributed by atoms with Crippen LogP contribution in [0.25, 0.3) is 11.5 Å². The summed E-state index contributed by atoms with van der Waals surface area (Å²) in [5.74, 6) is 0.825. The summed E-state index contributed by atoms with van der Waals surface area (Å²) in [6.45, 7) is 2.72. The van der Waals surface area contributed by atoms with Crippen molar-refractivity contribution >= 4 is 5.91 Å². The van der Waals surface area contributed by atoms with E-state index in [0.717, 1.165) is 43.0 Å². The molecule has 1 unspecified atom stereocenters. The van der Waals surface area contributed by atoms with Crippen molar-refractivity contribution in [3.05, 3.63) is 24.4 Å². The van der Waals surface area contributed by atoms with E-state index in [1.165, 1.54) is 0 Å². The summed E-state index contributed by atoms with van der Waals surface area (Å²) in [7, 11) is 0. The van der Waals surface area contributed by atoms with E-state index >= 15 is 0 Å². The number of carbonyl (C=O) groups is 1. The average Bonchev–Trinajstić information content (AvgIpc) is 2.97. The maximum absolute atomic E-state index is 12.1. The van der Waals surface area contributed by atoms with Gasteiger partial charge in [-0.1, -0.05) is 0 Å². The number of nitrogens with zero attached hydrogens (tertiary/aromatic N) is 3. The van der Waals surface area contributed by atoms with Gasteiger partial charge in [0.25, 0.3) is 0 Å². The third kappa shape index (κ3) is 2.14. The lowest BCUT2D eigenvalue weighted by atomic mass is 10.1. The van der Waals surface area contributed by atoms with Gasteiger partial charge >= 0.3 is 0 Å². The number of rotatable bonds is 2. The molecule has 1 aliphatic rings. The summed E-state index contributed by atoms with van der Waals surface area (Å²) < 4.78 is 1.93. The second kappa shape index (κ2) is 4.87. The zero-order valence-corrected chi connectivity index (χ0v) is 10.9. The van der Waals surface area contributed by atoms with Crippen molar-refractivity contribution in [3.8, 4) is 11.5 Å². The molecule has 3 rings (SSSR count). The minimum absolute atomic E-state index is 0.0740. The number of imidazole rings is 2. The summed E-state index contributed by atoms with van der Waals surface area (Å²) in [6.07, 6.45) is 8.16. The van der Waals surface area contributed by atoms with Gasteiger partial charge in [-0.15, -0.1) is 0 Å². The number of H-pyrrole nitrogens is 1. The lowest BCUT2D eigenvalue weighted by Gasteiger charge is -2.17. The molecule has 1 aliphatic heterocycles. The second-order valence-electron chi connectivity index (χ2n) is 4.84. The lowest BCUT2D eigenvalue weighted by Crippen LogP contribution is -2.31. The quantitative estimate of drug-likeness (QED) is 0.856. The zero-order chi connectivity index (χ0) is 13.2. The Morgan fingerprint density at radius 1 is 1.37 bits per heavy atom. The van der Waals surface area contributed by atoms with E-state index < -0.39 is 0 Å². The molecule has 2 N–H and O–H groups in total. The Morgan fingerprint density at radius 3 is 3.05 bits per heavy atom. The molecule has 2 aromatic rings. The third-order valence-corrected chi connectivity index (χ3v) is 3.55. The van der Waals surface area contributed by atoms with Gasteiger partial charge in [-0.2, -0.15) is 0 Å². The van der Waals surface area contributed by atoms with Crippen LogP contribution in [-0.2, 0) is 4.79 Å². The molecule has 1 saturated heterocycles. The number of nitrogens with one attached hydrogen (secondary N) is 2. The van der Waals surface area contributed by atoms with Crippen LogP contribution in [0, 0.1) is 6.92 Å². The topological polar surface area (TPSA) is 75.6 Å². The summed E-state index contributed by atoms with van der Waals surface area (Å²) in [6, 6.07) is -0.184. The fourth-order valence-electron chi connectivity index (χ4n) is 2.52. The largest absolute Gasteiger partial charge is 0.354 e. The molecule has 6 heteroatoms. The Bertz CT molecular complexity index is 585. The van der Waals surface area contributed by atoms with E-state index in [4.69, 9.17) is 0 Å². The van der Waals surface area contributed by atoms with Gasteiger partial charge in [0.05, 0.1) is 6.33 Å². The first-order valence-corrected chi connectivity index (χ1v) is 6.58. The molecule has 100 valence electrons. The first-order chi connectivity index (χ1) is 9.27. The van der Waals surface area contributed by atoms with Crippen LogP contribution < -0.4 is 5.32 Å². The molecule has 1 fully saturated rings. The van der Waals surface area contributed by atoms with Gasteiger partial charge in [-0.05, 0) is 26.2 Å². The van der Waals surface area contributed by atoms with Crippen molar-refractivity contribution < 1.29 is 4.79 Å². The minimum atomic E-state index is -0.184. The highest BCUT2D eigenvalue weighted by Crippen LogP contribution is 2.25. The molecule has 0 aromatic carbocycles. The van der Waals surface area contributed by atoms with Crippen molar-refractivity contribution in [3.63, 3.8) is 0 Å². The van der Waals surface area contributed by atoms with Crippen LogP contribution in [0.1, 0.15) is 31.0 Å². The molecule has 6 nitrogen and oxygen atoms in total. The Kier molecular flexibility index (Phi) is 3.06. The fraction of sp³-hybridized carbons (Fsp3) is 0.462. The number of hydrogen-bond donors (Lipinski definition) is 2. The predicted molar refractivity (Wildman–Crippen MR) is 70.4 cm³/mol. The molecule has 0 spiro atoms. The van der Waals surface area contributed by atoms with Crippen molar-refractivity contribution in [2.75, 3.05) is 6.54 Å². The minimum Gasteiger partial charge on any atom is -0.354 e. The molecule has 0 saturated carbocycles. The Balaban J connectivity index is 2.00. The maximum Gasteiger partial charge on any atom is 0.243 e. The van der Waals surface area contributed by atoms with Gasteiger partial charge in [0, 0.05) is 24.6 Å². The molecule has 0 aliphatic carbocycles. The van der Waals surface area contributed by atoms with E-state index in [-0.39, 0.29) is 11.9 Å². The van der Waals surface area contributed by atoms with Crippen LogP contribution in [0.5, 0.6) is 0 Å². The average molecular weight is 259 g/mol. The van der Waals surface area contributed by atoms with Crippen LogP contribution in [0.4, 0.5) is 0 Å². The van der Waals surface area contributed by atoms with Crippen LogP contribution in [0.2, 0.25) is 0 Å². The van der Waals surface area contributed by atoms with Crippen LogP contribution in [0.3, 0.4) is 0 Å². The van der Waals surface area contributed by atoms with Crippen LogP contribution in [0.15, 0.2) is 18.7 Å². The molecule has 3 heterocycles. The number of aromatic amines is 1. The summed E-state index contributed by atoms with van der Waals surface area (Å²) in [5, 5.41) is 2.95. The van der Waals surface area contributed by atoms with E-state index in [1.54, 1.807) is 12.5 Å². The zero-order valence-electron chi connectivity index (χ0n) is 10.9. The Labute approximate surface area is 111 Å². The molecular formula is C13H17N5O. The van der Waals surface area contributed by atoms with Crippen molar-refractivity contribution in [1.82, 2.24) is 24.8 Å². The fourth-order valence-corrected chi connectivity index (χ4v) is 2.52. The lowest BCUT2D eigenvalue weighted by molar-refractivity contribution is -0.124. The molecule has 2 aromatic heterocycles. The number of carbonyl (C=O) groups excluding carboxylic acids is 1. The van der Waals surface area contributed by atoms with Gasteiger partial charge in [0.2, 0.25) is 5.91 Å². The van der Waals surface area contributed by atoms with Gasteiger partial charge in [0.1, 0.15) is 11.7 Å². The molecule has 19 heavy (non-hydrogen) atoms.